The van der Waals surface area contributed by atoms with Gasteiger partial charge in [0.25, 0.3) is 0 Å². The first kappa shape index (κ1) is 10.7. The monoisotopic (exact) mass is 243 g/mol. The second-order valence-electron chi connectivity index (χ2n) is 4.15. The summed E-state index contributed by atoms with van der Waals surface area (Å²) < 4.78 is 12.5. The summed E-state index contributed by atoms with van der Waals surface area (Å²) in [5.41, 5.74) is 7.64. The minimum Gasteiger partial charge on any atom is -0.497 e. The number of hydrogen-bond donors (Lipinski definition) is 1. The van der Waals surface area contributed by atoms with Crippen molar-refractivity contribution in [2.75, 3.05) is 12.8 Å². The Morgan fingerprint density at radius 1 is 1.33 bits per heavy atom. The minimum atomic E-state index is 0.380. The van der Waals surface area contributed by atoms with Gasteiger partial charge in [0.05, 0.1) is 7.11 Å². The third kappa shape index (κ3) is 1.52. The van der Waals surface area contributed by atoms with Gasteiger partial charge >= 0.3 is 0 Å². The minimum absolute atomic E-state index is 0.380. The van der Waals surface area contributed by atoms with Crippen LogP contribution in [-0.2, 0) is 7.05 Å². The van der Waals surface area contributed by atoms with Crippen LogP contribution in [0.2, 0.25) is 0 Å². The number of hydrogen-bond acceptors (Lipinski definition) is 4. The Bertz CT molecular complexity index is 712. The fourth-order valence-electron chi connectivity index (χ4n) is 2.11. The lowest BCUT2D eigenvalue weighted by atomic mass is 10.1. The van der Waals surface area contributed by atoms with Crippen LogP contribution in [0.3, 0.4) is 0 Å². The van der Waals surface area contributed by atoms with E-state index in [1.54, 1.807) is 13.2 Å². The Labute approximate surface area is 104 Å². The Hall–Kier alpha value is -2.43. The summed E-state index contributed by atoms with van der Waals surface area (Å²) in [5, 5.41) is 4.76. The van der Waals surface area contributed by atoms with E-state index >= 15 is 0 Å². The fourth-order valence-corrected chi connectivity index (χ4v) is 2.11. The molecule has 0 fully saturated rings. The van der Waals surface area contributed by atoms with Crippen LogP contribution in [-0.4, -0.2) is 16.8 Å². The molecule has 5 nitrogen and oxygen atoms in total. The number of benzene rings is 1. The smallest absolute Gasteiger partial charge is 0.171 e. The van der Waals surface area contributed by atoms with Gasteiger partial charge in [-0.05, 0) is 18.2 Å². The number of ether oxygens (including phenoxy) is 1. The third-order valence-electron chi connectivity index (χ3n) is 2.99. The normalized spacial score (nSPS) is 11.0. The lowest BCUT2D eigenvalue weighted by Crippen LogP contribution is -1.84. The quantitative estimate of drug-likeness (QED) is 0.750. The van der Waals surface area contributed by atoms with Gasteiger partial charge in [-0.25, -0.2) is 0 Å². The molecule has 92 valence electrons. The van der Waals surface area contributed by atoms with Crippen LogP contribution in [0.15, 0.2) is 35.0 Å². The number of aryl methyl sites for hydroxylation is 1. The Morgan fingerprint density at radius 3 is 2.83 bits per heavy atom. The van der Waals surface area contributed by atoms with Gasteiger partial charge in [0.1, 0.15) is 5.75 Å². The van der Waals surface area contributed by atoms with E-state index in [2.05, 4.69) is 5.16 Å². The van der Waals surface area contributed by atoms with Crippen LogP contribution in [0.25, 0.3) is 22.2 Å². The number of nitrogens with zero attached hydrogens (tertiary/aromatic N) is 2. The van der Waals surface area contributed by atoms with Crippen LogP contribution in [0.4, 0.5) is 5.82 Å². The predicted octanol–water partition coefficient (Wildman–Crippen LogP) is 2.42. The number of nitrogen functional groups attached to an aromatic ring is 1. The summed E-state index contributed by atoms with van der Waals surface area (Å²) in [6.07, 6.45) is 1.99. The van der Waals surface area contributed by atoms with E-state index < -0.39 is 0 Å². The average molecular weight is 243 g/mol. The molecule has 2 N–H and O–H groups in total. The number of methoxy groups -OCH3 is 1. The van der Waals surface area contributed by atoms with Crippen molar-refractivity contribution in [3.63, 3.8) is 0 Å². The molecule has 0 unspecified atom stereocenters. The van der Waals surface area contributed by atoms with Crippen molar-refractivity contribution in [2.24, 2.45) is 7.05 Å². The summed E-state index contributed by atoms with van der Waals surface area (Å²) in [6, 6.07) is 7.63. The third-order valence-corrected chi connectivity index (χ3v) is 2.99. The number of fused-ring (bicyclic) bond motifs is 1. The lowest BCUT2D eigenvalue weighted by molar-refractivity contribution is 0.415. The molecule has 3 rings (SSSR count). The maximum atomic E-state index is 5.59. The zero-order chi connectivity index (χ0) is 12.7. The summed E-state index contributed by atoms with van der Waals surface area (Å²) in [4.78, 5) is 0. The molecule has 0 atom stereocenters. The molecule has 18 heavy (non-hydrogen) atoms. The van der Waals surface area contributed by atoms with Crippen molar-refractivity contribution in [3.05, 3.63) is 30.5 Å². The maximum Gasteiger partial charge on any atom is 0.171 e. The zero-order valence-electron chi connectivity index (χ0n) is 10.2. The molecule has 0 saturated heterocycles. The highest BCUT2D eigenvalue weighted by atomic mass is 16.5. The van der Waals surface area contributed by atoms with Crippen LogP contribution < -0.4 is 10.5 Å². The van der Waals surface area contributed by atoms with E-state index in [1.807, 2.05) is 36.0 Å². The second kappa shape index (κ2) is 3.80. The van der Waals surface area contributed by atoms with Crippen molar-refractivity contribution < 1.29 is 9.26 Å². The Morgan fingerprint density at radius 2 is 2.17 bits per heavy atom. The van der Waals surface area contributed by atoms with Gasteiger partial charge in [-0.3, -0.25) is 0 Å². The molecule has 0 radical (unpaired) electrons. The molecule has 0 spiro atoms. The molecular formula is C13H13N3O2. The first-order valence-corrected chi connectivity index (χ1v) is 5.54. The zero-order valence-corrected chi connectivity index (χ0v) is 10.2. The van der Waals surface area contributed by atoms with Crippen molar-refractivity contribution in [1.82, 2.24) is 9.72 Å². The fraction of sp³-hybridized carbons (Fsp3) is 0.154. The molecule has 0 saturated carbocycles. The molecule has 0 aliphatic carbocycles. The van der Waals surface area contributed by atoms with E-state index in [9.17, 15) is 0 Å². The summed E-state index contributed by atoms with van der Waals surface area (Å²) in [7, 11) is 3.63. The number of rotatable bonds is 2. The Kier molecular flexibility index (Phi) is 2.26. The topological polar surface area (TPSA) is 66.2 Å². The SMILES string of the molecule is COc1ccc2c(c1)c(-c1cc(N)no1)cn2C. The van der Waals surface area contributed by atoms with E-state index in [0.717, 1.165) is 22.2 Å². The molecular weight excluding hydrogens is 230 g/mol. The van der Waals surface area contributed by atoms with E-state index in [-0.39, 0.29) is 0 Å². The predicted molar refractivity (Wildman–Crippen MR) is 69.4 cm³/mol. The van der Waals surface area contributed by atoms with E-state index in [0.29, 0.717) is 11.6 Å². The largest absolute Gasteiger partial charge is 0.497 e. The van der Waals surface area contributed by atoms with Gasteiger partial charge in [-0.1, -0.05) is 5.16 Å². The molecule has 0 amide bonds. The molecule has 0 aliphatic heterocycles. The first-order chi connectivity index (χ1) is 8.69. The Balaban J connectivity index is 2.28. The molecule has 3 aromatic rings. The average Bonchev–Trinajstić information content (AvgIpc) is 2.93. The second-order valence-corrected chi connectivity index (χ2v) is 4.15. The van der Waals surface area contributed by atoms with Crippen LogP contribution in [0.5, 0.6) is 5.75 Å². The van der Waals surface area contributed by atoms with Crippen LogP contribution in [0.1, 0.15) is 0 Å². The molecule has 5 heteroatoms. The van der Waals surface area contributed by atoms with Gasteiger partial charge in [0, 0.05) is 35.8 Å². The molecule has 2 heterocycles. The van der Waals surface area contributed by atoms with Crippen molar-refractivity contribution in [1.29, 1.82) is 0 Å². The van der Waals surface area contributed by atoms with Crippen molar-refractivity contribution in [3.8, 4) is 17.1 Å². The molecule has 1 aromatic carbocycles. The van der Waals surface area contributed by atoms with Crippen LogP contribution in [0, 0.1) is 0 Å². The van der Waals surface area contributed by atoms with Gasteiger partial charge < -0.3 is 19.6 Å². The van der Waals surface area contributed by atoms with Gasteiger partial charge in [-0.2, -0.15) is 0 Å². The molecule has 0 bridgehead atoms. The number of nitrogens with two attached hydrogens (primary N) is 1. The summed E-state index contributed by atoms with van der Waals surface area (Å²) >= 11 is 0. The highest BCUT2D eigenvalue weighted by molar-refractivity contribution is 5.95. The maximum absolute atomic E-state index is 5.59. The van der Waals surface area contributed by atoms with Gasteiger partial charge in [0.15, 0.2) is 11.6 Å². The molecule has 0 aliphatic rings. The summed E-state index contributed by atoms with van der Waals surface area (Å²) in [5.74, 6) is 1.85. The standard InChI is InChI=1S/C13H13N3O2/c1-16-7-10(12-6-13(14)15-18-12)9-5-8(17-2)3-4-11(9)16/h3-7H,1-2H3,(H2,14,15). The van der Waals surface area contributed by atoms with Gasteiger partial charge in [-0.15, -0.1) is 0 Å². The highest BCUT2D eigenvalue weighted by Crippen LogP contribution is 2.33. The highest BCUT2D eigenvalue weighted by Gasteiger charge is 2.13. The lowest BCUT2D eigenvalue weighted by Gasteiger charge is -2.00. The first-order valence-electron chi connectivity index (χ1n) is 5.54. The summed E-state index contributed by atoms with van der Waals surface area (Å²) in [6.45, 7) is 0. The van der Waals surface area contributed by atoms with Crippen molar-refractivity contribution in [2.45, 2.75) is 0 Å². The van der Waals surface area contributed by atoms with Crippen molar-refractivity contribution >= 4 is 16.7 Å². The molecule has 2 aromatic heterocycles. The van der Waals surface area contributed by atoms with E-state index in [1.165, 1.54) is 0 Å². The van der Waals surface area contributed by atoms with Gasteiger partial charge in [0.2, 0.25) is 0 Å². The van der Waals surface area contributed by atoms with E-state index in [4.69, 9.17) is 15.0 Å². The number of anilines is 1. The number of aromatic nitrogens is 2. The van der Waals surface area contributed by atoms with Crippen LogP contribution >= 0.6 is 0 Å².